The Balaban J connectivity index is 2.02. The summed E-state index contributed by atoms with van der Waals surface area (Å²) in [5, 5.41) is 12.2. The summed E-state index contributed by atoms with van der Waals surface area (Å²) in [6.07, 6.45) is 4.13. The van der Waals surface area contributed by atoms with E-state index in [4.69, 9.17) is 5.11 Å². The molecule has 3 nitrogen and oxygen atoms in total. The average Bonchev–Trinajstić information content (AvgIpc) is 2.02. The third-order valence-corrected chi connectivity index (χ3v) is 3.58. The normalized spacial score (nSPS) is 38.6. The minimum atomic E-state index is -0.621. The molecule has 1 aliphatic carbocycles. The van der Waals surface area contributed by atoms with Gasteiger partial charge in [0, 0.05) is 6.42 Å². The van der Waals surface area contributed by atoms with Crippen molar-refractivity contribution in [3.63, 3.8) is 0 Å². The molecule has 0 aromatic heterocycles. The van der Waals surface area contributed by atoms with Crippen molar-refractivity contribution in [1.29, 1.82) is 0 Å². The molecule has 0 aromatic carbocycles. The molecule has 1 aliphatic heterocycles. The highest BCUT2D eigenvalue weighted by Crippen LogP contribution is 2.38. The minimum absolute atomic E-state index is 0.386. The standard InChI is InChI=1S/C10H17NO2/c12-10(13)4-9-7-2-1-3-8(9)6-11-5-7/h7-9,11H,1-6H2,(H,12,13)/t7-,8-/m0/s1. The van der Waals surface area contributed by atoms with Gasteiger partial charge in [-0.2, -0.15) is 0 Å². The van der Waals surface area contributed by atoms with Crippen molar-refractivity contribution < 1.29 is 9.90 Å². The van der Waals surface area contributed by atoms with E-state index in [2.05, 4.69) is 5.32 Å². The van der Waals surface area contributed by atoms with Crippen LogP contribution in [0.5, 0.6) is 0 Å². The second kappa shape index (κ2) is 3.66. The fourth-order valence-corrected chi connectivity index (χ4v) is 2.95. The summed E-state index contributed by atoms with van der Waals surface area (Å²) in [6, 6.07) is 0. The molecule has 2 fully saturated rings. The molecule has 0 amide bonds. The van der Waals surface area contributed by atoms with Crippen LogP contribution in [0.4, 0.5) is 0 Å². The molecule has 13 heavy (non-hydrogen) atoms. The number of aliphatic carboxylic acids is 1. The molecular formula is C10H17NO2. The average molecular weight is 183 g/mol. The lowest BCUT2D eigenvalue weighted by Gasteiger charge is -2.42. The molecule has 0 aromatic rings. The Bertz CT molecular complexity index is 183. The van der Waals surface area contributed by atoms with Gasteiger partial charge >= 0.3 is 5.97 Å². The van der Waals surface area contributed by atoms with Crippen molar-refractivity contribution in [2.75, 3.05) is 13.1 Å². The highest BCUT2D eigenvalue weighted by atomic mass is 16.4. The number of rotatable bonds is 2. The maximum atomic E-state index is 10.7. The summed E-state index contributed by atoms with van der Waals surface area (Å²) in [4.78, 5) is 10.7. The van der Waals surface area contributed by atoms with Crippen LogP contribution in [0.15, 0.2) is 0 Å². The van der Waals surface area contributed by atoms with Gasteiger partial charge in [-0.15, -0.1) is 0 Å². The fourth-order valence-electron chi connectivity index (χ4n) is 2.95. The van der Waals surface area contributed by atoms with Crippen LogP contribution in [0.1, 0.15) is 25.7 Å². The third kappa shape index (κ3) is 1.85. The van der Waals surface area contributed by atoms with E-state index < -0.39 is 5.97 Å². The van der Waals surface area contributed by atoms with Crippen molar-refractivity contribution in [1.82, 2.24) is 5.32 Å². The van der Waals surface area contributed by atoms with Gasteiger partial charge in [-0.3, -0.25) is 4.79 Å². The molecule has 74 valence electrons. The Kier molecular flexibility index (Phi) is 2.54. The first-order chi connectivity index (χ1) is 6.27. The van der Waals surface area contributed by atoms with Gasteiger partial charge in [-0.25, -0.2) is 0 Å². The van der Waals surface area contributed by atoms with Gasteiger partial charge in [0.2, 0.25) is 0 Å². The van der Waals surface area contributed by atoms with Crippen LogP contribution in [-0.2, 0) is 4.79 Å². The molecule has 1 saturated carbocycles. The number of carbonyl (C=O) groups is 1. The molecule has 0 spiro atoms. The van der Waals surface area contributed by atoms with Crippen LogP contribution < -0.4 is 5.32 Å². The van der Waals surface area contributed by atoms with Crippen LogP contribution >= 0.6 is 0 Å². The highest BCUT2D eigenvalue weighted by Gasteiger charge is 2.36. The SMILES string of the molecule is O=C(O)CC1[C@H]2CCC[C@H]1CNC2. The van der Waals surface area contributed by atoms with E-state index in [0.717, 1.165) is 13.1 Å². The molecule has 2 bridgehead atoms. The summed E-state index contributed by atoms with van der Waals surface area (Å²) >= 11 is 0. The number of fused-ring (bicyclic) bond motifs is 2. The van der Waals surface area contributed by atoms with Gasteiger partial charge in [0.05, 0.1) is 0 Å². The Morgan fingerprint density at radius 1 is 1.31 bits per heavy atom. The van der Waals surface area contributed by atoms with Crippen LogP contribution in [0.2, 0.25) is 0 Å². The molecule has 2 N–H and O–H groups in total. The fraction of sp³-hybridized carbons (Fsp3) is 0.900. The summed E-state index contributed by atoms with van der Waals surface area (Å²) in [5.41, 5.74) is 0. The maximum absolute atomic E-state index is 10.7. The van der Waals surface area contributed by atoms with Crippen LogP contribution in [0.3, 0.4) is 0 Å². The highest BCUT2D eigenvalue weighted by molar-refractivity contribution is 5.67. The van der Waals surface area contributed by atoms with Crippen molar-refractivity contribution in [2.45, 2.75) is 25.7 Å². The Hall–Kier alpha value is -0.570. The molecule has 1 heterocycles. The first-order valence-corrected chi connectivity index (χ1v) is 5.20. The zero-order chi connectivity index (χ0) is 9.26. The van der Waals surface area contributed by atoms with E-state index in [9.17, 15) is 4.79 Å². The number of hydrogen-bond acceptors (Lipinski definition) is 2. The summed E-state index contributed by atoms with van der Waals surface area (Å²) in [7, 11) is 0. The smallest absolute Gasteiger partial charge is 0.303 e. The van der Waals surface area contributed by atoms with Crippen molar-refractivity contribution >= 4 is 5.97 Å². The molecule has 2 rings (SSSR count). The largest absolute Gasteiger partial charge is 0.481 e. The van der Waals surface area contributed by atoms with Crippen molar-refractivity contribution in [3.8, 4) is 0 Å². The van der Waals surface area contributed by atoms with Gasteiger partial charge < -0.3 is 10.4 Å². The zero-order valence-corrected chi connectivity index (χ0v) is 7.83. The monoisotopic (exact) mass is 183 g/mol. The number of carboxylic acids is 1. The predicted octanol–water partition coefficient (Wildman–Crippen LogP) is 1.10. The lowest BCUT2D eigenvalue weighted by Crippen LogP contribution is -2.46. The molecule has 2 atom stereocenters. The van der Waals surface area contributed by atoms with Crippen molar-refractivity contribution in [3.05, 3.63) is 0 Å². The quantitative estimate of drug-likeness (QED) is 0.674. The first-order valence-electron chi connectivity index (χ1n) is 5.20. The number of nitrogens with one attached hydrogen (secondary N) is 1. The predicted molar refractivity (Wildman–Crippen MR) is 49.4 cm³/mol. The molecule has 0 unspecified atom stereocenters. The van der Waals surface area contributed by atoms with Gasteiger partial charge in [-0.05, 0) is 43.7 Å². The zero-order valence-electron chi connectivity index (χ0n) is 7.83. The first kappa shape index (κ1) is 9.00. The van der Waals surface area contributed by atoms with Crippen molar-refractivity contribution in [2.24, 2.45) is 17.8 Å². The number of carboxylic acid groups (broad SMARTS) is 1. The summed E-state index contributed by atoms with van der Waals surface area (Å²) in [6.45, 7) is 2.07. The number of hydrogen-bond donors (Lipinski definition) is 2. The Morgan fingerprint density at radius 2 is 1.92 bits per heavy atom. The Morgan fingerprint density at radius 3 is 2.46 bits per heavy atom. The molecular weight excluding hydrogens is 166 g/mol. The van der Waals surface area contributed by atoms with E-state index in [1.807, 2.05) is 0 Å². The number of piperidine rings is 1. The molecule has 3 heteroatoms. The van der Waals surface area contributed by atoms with E-state index in [1.54, 1.807) is 0 Å². The third-order valence-electron chi connectivity index (χ3n) is 3.58. The van der Waals surface area contributed by atoms with Crippen LogP contribution in [0, 0.1) is 17.8 Å². The van der Waals surface area contributed by atoms with Gasteiger partial charge in [-0.1, -0.05) is 6.42 Å². The molecule has 0 radical (unpaired) electrons. The molecule has 1 saturated heterocycles. The second-order valence-electron chi connectivity index (χ2n) is 4.37. The topological polar surface area (TPSA) is 49.3 Å². The Labute approximate surface area is 78.5 Å². The van der Waals surface area contributed by atoms with Crippen LogP contribution in [0.25, 0.3) is 0 Å². The van der Waals surface area contributed by atoms with Gasteiger partial charge in [0.15, 0.2) is 0 Å². The van der Waals surface area contributed by atoms with E-state index in [0.29, 0.717) is 24.2 Å². The summed E-state index contributed by atoms with van der Waals surface area (Å²) in [5.74, 6) is 1.09. The lowest BCUT2D eigenvalue weighted by atomic mass is 9.68. The van der Waals surface area contributed by atoms with Gasteiger partial charge in [0.25, 0.3) is 0 Å². The minimum Gasteiger partial charge on any atom is -0.481 e. The van der Waals surface area contributed by atoms with E-state index in [-0.39, 0.29) is 0 Å². The van der Waals surface area contributed by atoms with E-state index in [1.165, 1.54) is 19.3 Å². The van der Waals surface area contributed by atoms with E-state index >= 15 is 0 Å². The maximum Gasteiger partial charge on any atom is 0.303 e. The lowest BCUT2D eigenvalue weighted by molar-refractivity contribution is -0.139. The second-order valence-corrected chi connectivity index (χ2v) is 4.37. The summed E-state index contributed by atoms with van der Waals surface area (Å²) < 4.78 is 0. The van der Waals surface area contributed by atoms with Crippen LogP contribution in [-0.4, -0.2) is 24.2 Å². The molecule has 2 aliphatic rings. The van der Waals surface area contributed by atoms with Gasteiger partial charge in [0.1, 0.15) is 0 Å².